The van der Waals surface area contributed by atoms with Gasteiger partial charge in [0.1, 0.15) is 0 Å². The standard InChI is InChI=1S/C21H34N2O2/c1-4-25-20-13-19(21(20,2)3)22-18-8-6-5-7-17(18)14-23-11-9-16(15-24)10-12-23/h5-8,16,19-20,22,24H,4,9-15H2,1-3H3. The molecule has 1 saturated carbocycles. The van der Waals surface area contributed by atoms with Crippen molar-refractivity contribution < 1.29 is 9.84 Å². The van der Waals surface area contributed by atoms with Crippen LogP contribution in [0.15, 0.2) is 24.3 Å². The van der Waals surface area contributed by atoms with E-state index < -0.39 is 0 Å². The van der Waals surface area contributed by atoms with Crippen LogP contribution in [0, 0.1) is 11.3 Å². The molecule has 0 spiro atoms. The van der Waals surface area contributed by atoms with Crippen molar-refractivity contribution in [3.05, 3.63) is 29.8 Å². The summed E-state index contributed by atoms with van der Waals surface area (Å²) in [6.07, 6.45) is 3.66. The van der Waals surface area contributed by atoms with Crippen LogP contribution in [0.3, 0.4) is 0 Å². The van der Waals surface area contributed by atoms with E-state index in [1.54, 1.807) is 0 Å². The van der Waals surface area contributed by atoms with E-state index in [-0.39, 0.29) is 5.41 Å². The van der Waals surface area contributed by atoms with Crippen LogP contribution in [0.4, 0.5) is 5.69 Å². The Kier molecular flexibility index (Phi) is 6.03. The number of piperidine rings is 1. The zero-order valence-electron chi connectivity index (χ0n) is 16.0. The second-order valence-electron chi connectivity index (χ2n) is 8.26. The summed E-state index contributed by atoms with van der Waals surface area (Å²) >= 11 is 0. The quantitative estimate of drug-likeness (QED) is 0.793. The third-order valence-corrected chi connectivity index (χ3v) is 6.25. The molecule has 2 N–H and O–H groups in total. The fourth-order valence-corrected chi connectivity index (χ4v) is 4.17. The van der Waals surface area contributed by atoms with Crippen molar-refractivity contribution in [2.75, 3.05) is 31.6 Å². The van der Waals surface area contributed by atoms with Gasteiger partial charge in [-0.25, -0.2) is 0 Å². The van der Waals surface area contributed by atoms with E-state index in [0.717, 1.165) is 45.5 Å². The lowest BCUT2D eigenvalue weighted by Gasteiger charge is -2.52. The highest BCUT2D eigenvalue weighted by Gasteiger charge is 2.49. The van der Waals surface area contributed by atoms with E-state index in [9.17, 15) is 5.11 Å². The van der Waals surface area contributed by atoms with Crippen molar-refractivity contribution in [2.45, 2.75) is 58.7 Å². The molecule has 1 aliphatic heterocycles. The number of aliphatic hydroxyl groups excluding tert-OH is 1. The summed E-state index contributed by atoms with van der Waals surface area (Å²) in [6.45, 7) is 11.0. The van der Waals surface area contributed by atoms with E-state index in [4.69, 9.17) is 4.74 Å². The summed E-state index contributed by atoms with van der Waals surface area (Å²) in [7, 11) is 0. The molecule has 25 heavy (non-hydrogen) atoms. The lowest BCUT2D eigenvalue weighted by atomic mass is 9.64. The molecule has 0 radical (unpaired) electrons. The Bertz CT molecular complexity index is 553. The number of anilines is 1. The molecule has 0 amide bonds. The third-order valence-electron chi connectivity index (χ3n) is 6.25. The van der Waals surface area contributed by atoms with Gasteiger partial charge in [-0.2, -0.15) is 0 Å². The molecular formula is C21H34N2O2. The Hall–Kier alpha value is -1.10. The Morgan fingerprint density at radius 1 is 1.24 bits per heavy atom. The van der Waals surface area contributed by atoms with Crippen molar-refractivity contribution in [1.82, 2.24) is 4.90 Å². The number of benzene rings is 1. The fourth-order valence-electron chi connectivity index (χ4n) is 4.17. The van der Waals surface area contributed by atoms with Crippen LogP contribution in [0.25, 0.3) is 0 Å². The molecule has 2 aliphatic rings. The second kappa shape index (κ2) is 8.07. The molecule has 1 saturated heterocycles. The highest BCUT2D eigenvalue weighted by Crippen LogP contribution is 2.44. The number of ether oxygens (including phenoxy) is 1. The minimum Gasteiger partial charge on any atom is -0.396 e. The Morgan fingerprint density at radius 3 is 2.60 bits per heavy atom. The smallest absolute Gasteiger partial charge is 0.0665 e. The molecule has 0 bridgehead atoms. The van der Waals surface area contributed by atoms with E-state index in [1.165, 1.54) is 11.3 Å². The Labute approximate surface area is 152 Å². The van der Waals surface area contributed by atoms with E-state index in [1.807, 2.05) is 0 Å². The second-order valence-corrected chi connectivity index (χ2v) is 8.26. The van der Waals surface area contributed by atoms with Crippen LogP contribution in [0.1, 0.15) is 45.6 Å². The monoisotopic (exact) mass is 346 g/mol. The van der Waals surface area contributed by atoms with Gasteiger partial charge >= 0.3 is 0 Å². The summed E-state index contributed by atoms with van der Waals surface area (Å²) < 4.78 is 5.86. The summed E-state index contributed by atoms with van der Waals surface area (Å²) in [5, 5.41) is 13.1. The predicted octanol–water partition coefficient (Wildman–Crippen LogP) is 3.51. The van der Waals surface area contributed by atoms with Gasteiger partial charge < -0.3 is 15.2 Å². The minimum atomic E-state index is 0.169. The van der Waals surface area contributed by atoms with Crippen molar-refractivity contribution in [3.8, 4) is 0 Å². The summed E-state index contributed by atoms with van der Waals surface area (Å²) in [4.78, 5) is 2.52. The van der Waals surface area contributed by atoms with Crippen LogP contribution < -0.4 is 5.32 Å². The maximum Gasteiger partial charge on any atom is 0.0665 e. The lowest BCUT2D eigenvalue weighted by Crippen LogP contribution is -2.58. The fraction of sp³-hybridized carbons (Fsp3) is 0.714. The molecule has 2 unspecified atom stereocenters. The zero-order chi connectivity index (χ0) is 17.9. The van der Waals surface area contributed by atoms with Gasteiger partial charge in [0.15, 0.2) is 0 Å². The number of likely N-dealkylation sites (tertiary alicyclic amines) is 1. The largest absolute Gasteiger partial charge is 0.396 e. The van der Waals surface area contributed by atoms with Crippen LogP contribution in [0.2, 0.25) is 0 Å². The number of aliphatic hydroxyl groups is 1. The first-order chi connectivity index (χ1) is 12.0. The molecule has 1 aliphatic carbocycles. The van der Waals surface area contributed by atoms with Crippen LogP contribution >= 0.6 is 0 Å². The predicted molar refractivity (Wildman–Crippen MR) is 103 cm³/mol. The molecule has 1 heterocycles. The van der Waals surface area contributed by atoms with E-state index in [2.05, 4.69) is 55.3 Å². The van der Waals surface area contributed by atoms with Crippen molar-refractivity contribution >= 4 is 5.69 Å². The molecule has 4 heteroatoms. The number of para-hydroxylation sites is 1. The Balaban J connectivity index is 1.60. The number of rotatable bonds is 7. The van der Waals surface area contributed by atoms with Gasteiger partial charge in [0, 0.05) is 36.9 Å². The van der Waals surface area contributed by atoms with Crippen LogP contribution in [-0.4, -0.2) is 48.5 Å². The SMILES string of the molecule is CCOC1CC(Nc2ccccc2CN2CCC(CO)CC2)C1(C)C. The summed E-state index contributed by atoms with van der Waals surface area (Å²) in [5.41, 5.74) is 2.81. The zero-order valence-corrected chi connectivity index (χ0v) is 16.0. The third kappa shape index (κ3) is 4.18. The topological polar surface area (TPSA) is 44.7 Å². The van der Waals surface area contributed by atoms with Gasteiger partial charge in [0.2, 0.25) is 0 Å². The van der Waals surface area contributed by atoms with Gasteiger partial charge in [0.25, 0.3) is 0 Å². The molecule has 3 rings (SSSR count). The molecule has 140 valence electrons. The maximum absolute atomic E-state index is 9.31. The summed E-state index contributed by atoms with van der Waals surface area (Å²) in [6, 6.07) is 9.17. The average molecular weight is 347 g/mol. The number of nitrogens with one attached hydrogen (secondary N) is 1. The first-order valence-corrected chi connectivity index (χ1v) is 9.83. The molecule has 4 nitrogen and oxygen atoms in total. The molecule has 1 aromatic carbocycles. The summed E-state index contributed by atoms with van der Waals surface area (Å²) in [5.74, 6) is 0.496. The average Bonchev–Trinajstić information content (AvgIpc) is 2.63. The molecule has 2 fully saturated rings. The molecule has 1 aromatic rings. The first-order valence-electron chi connectivity index (χ1n) is 9.83. The number of hydrogen-bond donors (Lipinski definition) is 2. The van der Waals surface area contributed by atoms with Crippen molar-refractivity contribution in [1.29, 1.82) is 0 Å². The van der Waals surface area contributed by atoms with Crippen LogP contribution in [0.5, 0.6) is 0 Å². The highest BCUT2D eigenvalue weighted by atomic mass is 16.5. The lowest BCUT2D eigenvalue weighted by molar-refractivity contribution is -0.0976. The molecule has 0 aromatic heterocycles. The minimum absolute atomic E-state index is 0.169. The Morgan fingerprint density at radius 2 is 1.96 bits per heavy atom. The van der Waals surface area contributed by atoms with Gasteiger partial charge in [-0.05, 0) is 56.8 Å². The van der Waals surface area contributed by atoms with Crippen molar-refractivity contribution in [3.63, 3.8) is 0 Å². The van der Waals surface area contributed by atoms with E-state index >= 15 is 0 Å². The maximum atomic E-state index is 9.31. The highest BCUT2D eigenvalue weighted by molar-refractivity contribution is 5.52. The van der Waals surface area contributed by atoms with Gasteiger partial charge in [0.05, 0.1) is 6.10 Å². The molecule has 2 atom stereocenters. The van der Waals surface area contributed by atoms with Gasteiger partial charge in [-0.15, -0.1) is 0 Å². The van der Waals surface area contributed by atoms with Crippen LogP contribution in [-0.2, 0) is 11.3 Å². The van der Waals surface area contributed by atoms with Gasteiger partial charge in [-0.1, -0.05) is 32.0 Å². The van der Waals surface area contributed by atoms with Crippen molar-refractivity contribution in [2.24, 2.45) is 11.3 Å². The number of hydrogen-bond acceptors (Lipinski definition) is 4. The molecular weight excluding hydrogens is 312 g/mol. The first kappa shape index (κ1) is 18.7. The van der Waals surface area contributed by atoms with Gasteiger partial charge in [-0.3, -0.25) is 4.90 Å². The van der Waals surface area contributed by atoms with E-state index in [0.29, 0.717) is 24.7 Å². The normalized spacial score (nSPS) is 27.0. The number of nitrogens with zero attached hydrogens (tertiary/aromatic N) is 1.